The molecule has 2 heterocycles. The van der Waals surface area contributed by atoms with E-state index in [4.69, 9.17) is 24.4 Å². The summed E-state index contributed by atoms with van der Waals surface area (Å²) in [6.45, 7) is 3.89. The van der Waals surface area contributed by atoms with Gasteiger partial charge in [-0.1, -0.05) is 12.1 Å². The molecule has 0 aliphatic heterocycles. The molecular weight excluding hydrogens is 518 g/mol. The van der Waals surface area contributed by atoms with Crippen LogP contribution < -0.4 is 20.1 Å². The lowest BCUT2D eigenvalue weighted by molar-refractivity contribution is -0.0262. The lowest BCUT2D eigenvalue weighted by Crippen LogP contribution is -2.42. The van der Waals surface area contributed by atoms with Gasteiger partial charge >= 0.3 is 0 Å². The predicted molar refractivity (Wildman–Crippen MR) is 149 cm³/mol. The predicted octanol–water partition coefficient (Wildman–Crippen LogP) is 3.52. The second-order valence-corrected chi connectivity index (χ2v) is 11.3. The van der Waals surface area contributed by atoms with Crippen molar-refractivity contribution in [2.45, 2.75) is 50.2 Å². The van der Waals surface area contributed by atoms with E-state index in [1.165, 1.54) is 11.3 Å². The molecule has 2 fully saturated rings. The van der Waals surface area contributed by atoms with E-state index in [2.05, 4.69) is 10.6 Å². The van der Waals surface area contributed by atoms with Gasteiger partial charge in [-0.05, 0) is 50.1 Å². The summed E-state index contributed by atoms with van der Waals surface area (Å²) in [6, 6.07) is 12.9. The van der Waals surface area contributed by atoms with E-state index in [1.807, 2.05) is 56.3 Å². The number of para-hydroxylation sites is 1. The van der Waals surface area contributed by atoms with Crippen LogP contribution in [-0.2, 0) is 0 Å². The number of rotatable bonds is 8. The van der Waals surface area contributed by atoms with Gasteiger partial charge in [-0.15, -0.1) is 11.3 Å². The lowest BCUT2D eigenvalue weighted by atomic mass is 10.1. The molecule has 0 spiro atoms. The van der Waals surface area contributed by atoms with E-state index in [-0.39, 0.29) is 12.0 Å². The normalized spacial score (nSPS) is 26.2. The molecule has 39 heavy (non-hydrogen) atoms. The summed E-state index contributed by atoms with van der Waals surface area (Å²) >= 11 is 1.54. The zero-order valence-corrected chi connectivity index (χ0v) is 22.9. The number of anilines is 2. The van der Waals surface area contributed by atoms with Crippen LogP contribution in [0.1, 0.15) is 30.6 Å². The molecule has 0 radical (unpaired) electrons. The van der Waals surface area contributed by atoms with Crippen molar-refractivity contribution in [2.24, 2.45) is 5.92 Å². The molecule has 6 rings (SSSR count). The van der Waals surface area contributed by atoms with E-state index in [0.717, 1.165) is 26.4 Å². The number of methoxy groups -OCH3 is 2. The molecule has 2 aliphatic rings. The van der Waals surface area contributed by atoms with Crippen molar-refractivity contribution in [3.05, 3.63) is 53.7 Å². The van der Waals surface area contributed by atoms with E-state index in [1.54, 1.807) is 14.2 Å². The second-order valence-electron chi connectivity index (χ2n) is 10.2. The number of thiazole rings is 1. The number of ether oxygens (including phenoxy) is 2. The zero-order chi connectivity index (χ0) is 27.5. The van der Waals surface area contributed by atoms with Gasteiger partial charge in [0.1, 0.15) is 34.0 Å². The van der Waals surface area contributed by atoms with Crippen molar-refractivity contribution in [2.75, 3.05) is 24.9 Å². The van der Waals surface area contributed by atoms with Crippen LogP contribution in [0.3, 0.4) is 0 Å². The first kappa shape index (κ1) is 25.8. The highest BCUT2D eigenvalue weighted by atomic mass is 32.1. The number of fused-ring (bicyclic) bond motifs is 2. The van der Waals surface area contributed by atoms with Gasteiger partial charge in [-0.25, -0.2) is 9.97 Å². The van der Waals surface area contributed by atoms with Gasteiger partial charge in [0.2, 0.25) is 5.95 Å². The fourth-order valence-corrected chi connectivity index (χ4v) is 6.59. The number of aliphatic hydroxyl groups excluding tert-OH is 2. The molecule has 2 aromatic heterocycles. The highest BCUT2D eigenvalue weighted by Crippen LogP contribution is 2.56. The maximum Gasteiger partial charge on any atom is 0.225 e. The summed E-state index contributed by atoms with van der Waals surface area (Å²) in [6.07, 6.45) is -1.61. The van der Waals surface area contributed by atoms with Gasteiger partial charge in [-0.3, -0.25) is 0 Å². The third kappa shape index (κ3) is 4.35. The molecule has 0 amide bonds. The smallest absolute Gasteiger partial charge is 0.225 e. The molecule has 0 bridgehead atoms. The molecule has 5 N–H and O–H groups in total. The number of nitrogens with one attached hydrogen (secondary N) is 2. The first-order valence-corrected chi connectivity index (χ1v) is 13.6. The Morgan fingerprint density at radius 3 is 2.38 bits per heavy atom. The third-order valence-corrected chi connectivity index (χ3v) is 8.90. The summed E-state index contributed by atoms with van der Waals surface area (Å²) in [5.74, 6) is 1.89. The summed E-state index contributed by atoms with van der Waals surface area (Å²) < 4.78 is 11.9. The minimum absolute atomic E-state index is 0.185. The SMILES string of the molecule is COc1cc(OC)cc(C(C)Nc2nc(C)c(-c3nc4ccccc4s3)c(N[C@@H]3C[C@@H]4C(O)[C@]4(O)[C@H]3O)n2)c1. The largest absolute Gasteiger partial charge is 0.497 e. The van der Waals surface area contributed by atoms with Gasteiger partial charge in [-0.2, -0.15) is 4.98 Å². The molecule has 11 heteroatoms. The Labute approximate surface area is 229 Å². The summed E-state index contributed by atoms with van der Waals surface area (Å²) in [5.41, 5.74) is 1.78. The minimum atomic E-state index is -1.48. The Morgan fingerprint density at radius 2 is 1.74 bits per heavy atom. The highest BCUT2D eigenvalue weighted by molar-refractivity contribution is 7.21. The number of aliphatic hydroxyl groups is 3. The van der Waals surface area contributed by atoms with Crippen molar-refractivity contribution in [1.29, 1.82) is 0 Å². The van der Waals surface area contributed by atoms with Crippen molar-refractivity contribution in [3.8, 4) is 22.1 Å². The maximum absolute atomic E-state index is 10.8. The summed E-state index contributed by atoms with van der Waals surface area (Å²) in [5, 5.41) is 39.0. The second kappa shape index (κ2) is 9.60. The standard InChI is InChI=1S/C28H31N5O5S/c1-13(15-9-16(37-3)11-17(10-15)38-4)29-27-30-14(2)22(26-32-19-7-5-6-8-21(19)39-26)25(33-27)31-20-12-18-23(34)28(18,36)24(20)35/h5-11,13,18,20,23-24,34-36H,12H2,1-4H3,(H2,29,30,31,33)/t13?,18-,20-,23?,24+,28+/m1/s1. The molecule has 204 valence electrons. The molecule has 0 saturated heterocycles. The summed E-state index contributed by atoms with van der Waals surface area (Å²) in [4.78, 5) is 14.4. The van der Waals surface area contributed by atoms with Crippen molar-refractivity contribution in [3.63, 3.8) is 0 Å². The molecular formula is C28H31N5O5S. The number of aryl methyl sites for hydroxylation is 1. The molecule has 2 saturated carbocycles. The molecule has 6 atom stereocenters. The Balaban J connectivity index is 1.36. The summed E-state index contributed by atoms with van der Waals surface area (Å²) in [7, 11) is 3.22. The zero-order valence-electron chi connectivity index (χ0n) is 22.0. The van der Waals surface area contributed by atoms with Crippen LogP contribution in [0.4, 0.5) is 11.8 Å². The van der Waals surface area contributed by atoms with E-state index in [9.17, 15) is 15.3 Å². The average molecular weight is 550 g/mol. The number of hydrogen-bond acceptors (Lipinski definition) is 11. The van der Waals surface area contributed by atoms with Crippen molar-refractivity contribution < 1.29 is 24.8 Å². The Kier molecular flexibility index (Phi) is 6.34. The van der Waals surface area contributed by atoms with Crippen LogP contribution in [-0.4, -0.2) is 68.3 Å². The van der Waals surface area contributed by atoms with E-state index < -0.39 is 23.9 Å². The van der Waals surface area contributed by atoms with Crippen molar-refractivity contribution in [1.82, 2.24) is 15.0 Å². The first-order valence-electron chi connectivity index (χ1n) is 12.8. The van der Waals surface area contributed by atoms with Crippen LogP contribution in [0, 0.1) is 12.8 Å². The molecule has 2 aromatic carbocycles. The topological polar surface area (TPSA) is 142 Å². The lowest BCUT2D eigenvalue weighted by Gasteiger charge is -2.25. The van der Waals surface area contributed by atoms with Gasteiger partial charge in [0.25, 0.3) is 0 Å². The quantitative estimate of drug-likeness (QED) is 0.222. The number of aromatic nitrogens is 3. The molecule has 2 unspecified atom stereocenters. The van der Waals surface area contributed by atoms with Crippen molar-refractivity contribution >= 4 is 33.3 Å². The Hall–Kier alpha value is -3.51. The molecule has 4 aromatic rings. The molecule has 10 nitrogen and oxygen atoms in total. The fourth-order valence-electron chi connectivity index (χ4n) is 5.53. The van der Waals surface area contributed by atoms with Gasteiger partial charge in [0.05, 0.1) is 53.9 Å². The van der Waals surface area contributed by atoms with Crippen LogP contribution in [0.15, 0.2) is 42.5 Å². The highest BCUT2D eigenvalue weighted by Gasteiger charge is 2.74. The van der Waals surface area contributed by atoms with Crippen LogP contribution in [0.5, 0.6) is 11.5 Å². The minimum Gasteiger partial charge on any atom is -0.497 e. The van der Waals surface area contributed by atoms with Crippen LogP contribution in [0.25, 0.3) is 20.8 Å². The molecule has 2 aliphatic carbocycles. The van der Waals surface area contributed by atoms with Crippen LogP contribution in [0.2, 0.25) is 0 Å². The number of benzene rings is 2. The third-order valence-electron chi connectivity index (χ3n) is 7.84. The van der Waals surface area contributed by atoms with Gasteiger partial charge in [0.15, 0.2) is 0 Å². The first-order chi connectivity index (χ1) is 18.7. The monoisotopic (exact) mass is 549 g/mol. The van der Waals surface area contributed by atoms with E-state index in [0.29, 0.717) is 35.4 Å². The van der Waals surface area contributed by atoms with Gasteiger partial charge in [0, 0.05) is 12.0 Å². The number of nitrogens with zero attached hydrogens (tertiary/aromatic N) is 3. The fraction of sp³-hybridized carbons (Fsp3) is 0.393. The average Bonchev–Trinajstić information content (AvgIpc) is 3.21. The van der Waals surface area contributed by atoms with E-state index >= 15 is 0 Å². The van der Waals surface area contributed by atoms with Crippen LogP contribution >= 0.6 is 11.3 Å². The number of hydrogen-bond donors (Lipinski definition) is 5. The Bertz CT molecular complexity index is 1490. The Morgan fingerprint density at radius 1 is 1.03 bits per heavy atom. The maximum atomic E-state index is 10.8. The van der Waals surface area contributed by atoms with Gasteiger partial charge < -0.3 is 35.4 Å².